The zero-order valence-electron chi connectivity index (χ0n) is 25.4. The Kier molecular flexibility index (Phi) is 22.7. The average Bonchev–Trinajstić information content (AvgIpc) is 2.86. The van der Waals surface area contributed by atoms with Gasteiger partial charge in [0.2, 0.25) is 5.91 Å². The molecule has 0 aliphatic carbocycles. The van der Waals surface area contributed by atoms with Gasteiger partial charge in [0.1, 0.15) is 13.2 Å². The van der Waals surface area contributed by atoms with Gasteiger partial charge in [-0.25, -0.2) is 4.57 Å². The van der Waals surface area contributed by atoms with Gasteiger partial charge in [0, 0.05) is 6.42 Å². The number of nitrogens with one attached hydrogen (secondary N) is 1. The molecule has 0 aliphatic rings. The van der Waals surface area contributed by atoms with E-state index in [1.54, 1.807) is 6.08 Å². The molecule has 0 saturated carbocycles. The monoisotopic (exact) mass is 573 g/mol. The van der Waals surface area contributed by atoms with Crippen LogP contribution in [0.4, 0.5) is 0 Å². The number of hydrogen-bond donors (Lipinski definition) is 3. The van der Waals surface area contributed by atoms with E-state index in [1.807, 2.05) is 40.2 Å². The summed E-state index contributed by atoms with van der Waals surface area (Å²) in [7, 11) is 1.53. The summed E-state index contributed by atoms with van der Waals surface area (Å²) in [6.07, 6.45) is 23.8. The van der Waals surface area contributed by atoms with Gasteiger partial charge in [-0.2, -0.15) is 0 Å². The molecule has 39 heavy (non-hydrogen) atoms. The Hall–Kier alpha value is -1.28. The molecule has 3 unspecified atom stereocenters. The molecule has 0 heterocycles. The number of carbonyl (C=O) groups excluding carboxylic acids is 1. The lowest BCUT2D eigenvalue weighted by Gasteiger charge is -2.25. The van der Waals surface area contributed by atoms with Crippen molar-refractivity contribution in [1.82, 2.24) is 5.32 Å². The van der Waals surface area contributed by atoms with Gasteiger partial charge in [0.05, 0.1) is 39.9 Å². The van der Waals surface area contributed by atoms with Gasteiger partial charge in [-0.1, -0.05) is 88.3 Å². The van der Waals surface area contributed by atoms with Crippen LogP contribution in [-0.2, 0) is 18.4 Å². The summed E-state index contributed by atoms with van der Waals surface area (Å²) in [6.45, 7) is 4.46. The largest absolute Gasteiger partial charge is 0.472 e. The van der Waals surface area contributed by atoms with E-state index in [4.69, 9.17) is 9.05 Å². The van der Waals surface area contributed by atoms with Crippen LogP contribution in [0.1, 0.15) is 97.3 Å². The molecule has 0 fully saturated rings. The van der Waals surface area contributed by atoms with E-state index in [0.717, 1.165) is 44.9 Å². The third-order valence-electron chi connectivity index (χ3n) is 6.19. The van der Waals surface area contributed by atoms with Crippen LogP contribution in [-0.4, -0.2) is 73.4 Å². The number of rotatable bonds is 25. The summed E-state index contributed by atoms with van der Waals surface area (Å²) < 4.78 is 23.2. The normalized spacial score (nSPS) is 15.8. The predicted molar refractivity (Wildman–Crippen MR) is 161 cm³/mol. The first-order valence-electron chi connectivity index (χ1n) is 14.8. The fraction of sp³-hybridized carbons (Fsp3) is 0.767. The van der Waals surface area contributed by atoms with Gasteiger partial charge in [-0.3, -0.25) is 13.8 Å². The Morgan fingerprint density at radius 2 is 1.46 bits per heavy atom. The van der Waals surface area contributed by atoms with Gasteiger partial charge in [-0.15, -0.1) is 0 Å². The molecule has 3 atom stereocenters. The highest BCUT2D eigenvalue weighted by molar-refractivity contribution is 7.47. The van der Waals surface area contributed by atoms with Crippen LogP contribution >= 0.6 is 7.82 Å². The number of quaternary nitrogens is 1. The molecule has 0 rings (SSSR count). The molecule has 8 nitrogen and oxygen atoms in total. The molecule has 0 aliphatic heterocycles. The van der Waals surface area contributed by atoms with Gasteiger partial charge >= 0.3 is 7.82 Å². The van der Waals surface area contributed by atoms with Crippen molar-refractivity contribution in [2.45, 2.75) is 109 Å². The Morgan fingerprint density at radius 1 is 0.897 bits per heavy atom. The zero-order valence-corrected chi connectivity index (χ0v) is 26.2. The summed E-state index contributed by atoms with van der Waals surface area (Å²) in [6, 6.07) is -0.860. The topological polar surface area (TPSA) is 105 Å². The lowest BCUT2D eigenvalue weighted by Crippen LogP contribution is -2.45. The van der Waals surface area contributed by atoms with Gasteiger partial charge < -0.3 is 19.8 Å². The smallest absolute Gasteiger partial charge is 0.387 e. The van der Waals surface area contributed by atoms with E-state index in [1.165, 1.54) is 32.1 Å². The average molecular weight is 574 g/mol. The van der Waals surface area contributed by atoms with Crippen LogP contribution in [0, 0.1) is 0 Å². The number of likely N-dealkylation sites (N-methyl/N-ethyl adjacent to an activating group) is 1. The van der Waals surface area contributed by atoms with Gasteiger partial charge in [0.15, 0.2) is 0 Å². The number of hydrogen-bond acceptors (Lipinski definition) is 5. The summed E-state index contributed by atoms with van der Waals surface area (Å²) in [5.74, 6) is -0.204. The molecule has 228 valence electrons. The number of aliphatic hydroxyl groups excluding tert-OH is 1. The fourth-order valence-corrected chi connectivity index (χ4v) is 4.46. The van der Waals surface area contributed by atoms with Gasteiger partial charge in [-0.05, 0) is 39.0 Å². The first-order chi connectivity index (χ1) is 18.5. The lowest BCUT2D eigenvalue weighted by atomic mass is 10.1. The highest BCUT2D eigenvalue weighted by Crippen LogP contribution is 2.43. The van der Waals surface area contributed by atoms with Crippen LogP contribution in [0.5, 0.6) is 0 Å². The second-order valence-corrected chi connectivity index (χ2v) is 12.6. The molecule has 0 radical (unpaired) electrons. The van der Waals surface area contributed by atoms with E-state index in [9.17, 15) is 19.4 Å². The van der Waals surface area contributed by atoms with Crippen LogP contribution in [0.3, 0.4) is 0 Å². The molecule has 9 heteroatoms. The van der Waals surface area contributed by atoms with Crippen molar-refractivity contribution in [1.29, 1.82) is 0 Å². The molecule has 3 N–H and O–H groups in total. The third-order valence-corrected chi connectivity index (χ3v) is 7.17. The minimum atomic E-state index is -4.32. The van der Waals surface area contributed by atoms with Crippen molar-refractivity contribution in [3.8, 4) is 0 Å². The summed E-state index contributed by atoms with van der Waals surface area (Å²) in [4.78, 5) is 22.7. The van der Waals surface area contributed by atoms with Crippen molar-refractivity contribution in [2.75, 3.05) is 40.9 Å². The van der Waals surface area contributed by atoms with Crippen molar-refractivity contribution < 1.29 is 32.9 Å². The molecule has 0 spiro atoms. The van der Waals surface area contributed by atoms with E-state index >= 15 is 0 Å². The molecular weight excluding hydrogens is 515 g/mol. The maximum Gasteiger partial charge on any atom is 0.472 e. The molecule has 0 bridgehead atoms. The molecular formula is C30H58N2O6P+. The summed E-state index contributed by atoms with van der Waals surface area (Å²) in [5, 5.41) is 13.5. The highest BCUT2D eigenvalue weighted by atomic mass is 31.2. The lowest BCUT2D eigenvalue weighted by molar-refractivity contribution is -0.870. The molecule has 0 saturated heterocycles. The minimum absolute atomic E-state index is 0.0530. The minimum Gasteiger partial charge on any atom is -0.387 e. The Bertz CT molecular complexity index is 748. The number of nitrogens with zero attached hydrogens (tertiary/aromatic N) is 1. The summed E-state index contributed by atoms with van der Waals surface area (Å²) >= 11 is 0. The van der Waals surface area contributed by atoms with Crippen LogP contribution < -0.4 is 5.32 Å². The number of amides is 1. The van der Waals surface area contributed by atoms with Crippen molar-refractivity contribution >= 4 is 13.7 Å². The van der Waals surface area contributed by atoms with Gasteiger partial charge in [0.25, 0.3) is 0 Å². The third kappa shape index (κ3) is 25.4. The molecule has 0 aromatic carbocycles. The number of carbonyl (C=O) groups is 1. The summed E-state index contributed by atoms with van der Waals surface area (Å²) in [5.41, 5.74) is 0. The number of phosphoric ester groups is 1. The first kappa shape index (κ1) is 37.7. The molecule has 1 amide bonds. The Labute approximate surface area is 238 Å². The van der Waals surface area contributed by atoms with E-state index < -0.39 is 20.0 Å². The van der Waals surface area contributed by atoms with Crippen molar-refractivity contribution in [3.63, 3.8) is 0 Å². The van der Waals surface area contributed by atoms with Crippen LogP contribution in [0.2, 0.25) is 0 Å². The highest BCUT2D eigenvalue weighted by Gasteiger charge is 2.27. The number of phosphoric acid groups is 1. The van der Waals surface area contributed by atoms with E-state index in [2.05, 4.69) is 30.5 Å². The maximum absolute atomic E-state index is 12.6. The molecule has 0 aromatic heterocycles. The Balaban J connectivity index is 4.78. The van der Waals surface area contributed by atoms with Crippen LogP contribution in [0.25, 0.3) is 0 Å². The quantitative estimate of drug-likeness (QED) is 0.0502. The van der Waals surface area contributed by atoms with Crippen LogP contribution in [0.15, 0.2) is 36.5 Å². The fourth-order valence-electron chi connectivity index (χ4n) is 3.72. The number of unbranched alkanes of at least 4 members (excludes halogenated alkanes) is 9. The van der Waals surface area contributed by atoms with E-state index in [0.29, 0.717) is 17.4 Å². The molecule has 0 aromatic rings. The number of aliphatic hydroxyl groups is 1. The second-order valence-electron chi connectivity index (χ2n) is 11.1. The van der Waals surface area contributed by atoms with E-state index in [-0.39, 0.29) is 19.1 Å². The zero-order chi connectivity index (χ0) is 29.4. The standard InChI is InChI=1S/C30H57N2O6P/c1-6-8-10-12-14-16-17-19-21-23-29(33)28(27-38-39(35,36)37-26-25-32(3,4)5)31-30(34)24-22-20-18-15-13-11-9-7-2/h6,8,14,16,21,23,28-29,33H,7,9-13,15,17-20,22,24-27H2,1-5H3,(H-,31,34,35,36)/p+1/b8-6+,16-14+,23-21+. The second kappa shape index (κ2) is 23.4. The first-order valence-corrected chi connectivity index (χ1v) is 16.3. The maximum atomic E-state index is 12.6. The van der Waals surface area contributed by atoms with Crippen molar-refractivity contribution in [2.24, 2.45) is 0 Å². The predicted octanol–water partition coefficient (Wildman–Crippen LogP) is 6.45. The SMILES string of the molecule is C/C=C/CC/C=C/CC/C=C/C(O)C(COP(=O)(O)OCC[N+](C)(C)C)NC(=O)CCCCCCCCCC. The van der Waals surface area contributed by atoms with Crippen molar-refractivity contribution in [3.05, 3.63) is 36.5 Å². The Morgan fingerprint density at radius 3 is 2.05 bits per heavy atom. The number of allylic oxidation sites excluding steroid dienone is 5.